The fourth-order valence-electron chi connectivity index (χ4n) is 6.66. The fraction of sp³-hybridized carbons (Fsp3) is 0.500. The second-order valence-corrected chi connectivity index (χ2v) is 15.9. The second kappa shape index (κ2) is 24.7. The Morgan fingerprint density at radius 3 is 1.91 bits per heavy atom. The molecule has 6 atom stereocenters. The van der Waals surface area contributed by atoms with Crippen LogP contribution in [0.2, 0.25) is 0 Å². The molecule has 0 aromatic heterocycles. The van der Waals surface area contributed by atoms with Crippen LogP contribution in [0.4, 0.5) is 0 Å². The summed E-state index contributed by atoms with van der Waals surface area (Å²) in [6.07, 6.45) is -3.67. The minimum atomic E-state index is -4.53. The zero-order chi connectivity index (χ0) is 52.7. The lowest BCUT2D eigenvalue weighted by Gasteiger charge is -2.39. The first-order chi connectivity index (χ1) is 32.6. The quantitative estimate of drug-likeness (QED) is 0.0141. The monoisotopic (exact) mass is 992 g/mol. The molecule has 1 aliphatic rings. The van der Waals surface area contributed by atoms with Crippen LogP contribution in [-0.4, -0.2) is 118 Å². The van der Waals surface area contributed by atoms with Gasteiger partial charge in [0.25, 0.3) is 11.4 Å². The van der Waals surface area contributed by atoms with Gasteiger partial charge in [-0.15, -0.1) is 5.06 Å². The van der Waals surface area contributed by atoms with Gasteiger partial charge in [0.1, 0.15) is 17.3 Å². The van der Waals surface area contributed by atoms with Gasteiger partial charge in [0, 0.05) is 66.1 Å². The maximum atomic E-state index is 14.6. The van der Waals surface area contributed by atoms with Crippen LogP contribution in [0.5, 0.6) is 0 Å². The first-order valence-corrected chi connectivity index (χ1v) is 21.1. The summed E-state index contributed by atoms with van der Waals surface area (Å²) in [5, 5.41) is 1.04. The third-order valence-corrected chi connectivity index (χ3v) is 9.34. The number of rotatable bonds is 22. The van der Waals surface area contributed by atoms with Crippen molar-refractivity contribution in [3.8, 4) is 0 Å². The molecule has 1 aliphatic heterocycles. The lowest BCUT2D eigenvalue weighted by atomic mass is 9.96. The molecule has 0 saturated carbocycles. The Morgan fingerprint density at radius 1 is 0.743 bits per heavy atom. The Morgan fingerprint density at radius 2 is 1.34 bits per heavy atom. The van der Waals surface area contributed by atoms with E-state index in [1.54, 1.807) is 30.3 Å². The van der Waals surface area contributed by atoms with Gasteiger partial charge in [-0.2, -0.15) is 0 Å². The fourth-order valence-corrected chi connectivity index (χ4v) is 6.66. The number of hydrogen-bond donors (Lipinski definition) is 5. The zero-order valence-electron chi connectivity index (χ0n) is 39.2. The van der Waals surface area contributed by atoms with Crippen LogP contribution >= 0.6 is 0 Å². The number of hydrogen-bond acceptors (Lipinski definition) is 26. The molecule has 3 rings (SSSR count). The van der Waals surface area contributed by atoms with Crippen molar-refractivity contribution in [1.29, 1.82) is 0 Å². The molecule has 1 heterocycles. The Labute approximate surface area is 398 Å². The molecule has 0 aliphatic carbocycles. The topological polar surface area (TPSA) is 412 Å². The van der Waals surface area contributed by atoms with E-state index in [2.05, 4.69) is 14.8 Å². The number of hydroxylamine groups is 4. The number of nitrogens with zero attached hydrogens (tertiary/aromatic N) is 3. The average molecular weight is 993 g/mol. The highest BCUT2D eigenvalue weighted by Crippen LogP contribution is 2.34. The Hall–Kier alpha value is -7.53. The smallest absolute Gasteiger partial charge is 0.455 e. The summed E-state index contributed by atoms with van der Waals surface area (Å²) in [6.45, 7) is 6.78. The van der Waals surface area contributed by atoms with Crippen LogP contribution < -0.4 is 28.7 Å². The normalized spacial score (nSPS) is 16.9. The molecule has 70 heavy (non-hydrogen) atoms. The molecule has 0 bridgehead atoms. The van der Waals surface area contributed by atoms with Gasteiger partial charge < -0.3 is 55.4 Å². The van der Waals surface area contributed by atoms with Crippen LogP contribution in [0.1, 0.15) is 92.2 Å². The minimum absolute atomic E-state index is 0.0840. The van der Waals surface area contributed by atoms with E-state index in [0.29, 0.717) is 17.7 Å². The van der Waals surface area contributed by atoms with E-state index < -0.39 is 125 Å². The number of fused-ring (bicyclic) bond motifs is 1. The van der Waals surface area contributed by atoms with Crippen LogP contribution in [0.25, 0.3) is 10.8 Å². The van der Waals surface area contributed by atoms with Crippen LogP contribution in [0.15, 0.2) is 47.5 Å². The molecule has 10 N–H and O–H groups in total. The minimum Gasteiger partial charge on any atom is -0.455 e. The van der Waals surface area contributed by atoms with Crippen molar-refractivity contribution in [2.24, 2.45) is 39.6 Å². The van der Waals surface area contributed by atoms with Gasteiger partial charge in [0.05, 0.1) is 0 Å². The van der Waals surface area contributed by atoms with Crippen LogP contribution in [0.3, 0.4) is 0 Å². The number of carbonyl (C=O) groups is 10. The third-order valence-electron chi connectivity index (χ3n) is 9.34. The van der Waals surface area contributed by atoms with E-state index in [1.807, 2.05) is 0 Å². The predicted molar refractivity (Wildman–Crippen MR) is 231 cm³/mol. The number of esters is 5. The van der Waals surface area contributed by atoms with Crippen molar-refractivity contribution in [1.82, 2.24) is 10.3 Å². The van der Waals surface area contributed by atoms with E-state index in [0.717, 1.165) is 32.8 Å². The lowest BCUT2D eigenvalue weighted by Crippen LogP contribution is -2.68. The lowest BCUT2D eigenvalue weighted by molar-refractivity contribution is -0.463. The summed E-state index contributed by atoms with van der Waals surface area (Å²) in [5.74, 6) is -21.7. The molecule has 3 unspecified atom stereocenters. The molecule has 0 radical (unpaired) electrons. The van der Waals surface area contributed by atoms with Gasteiger partial charge >= 0.3 is 65.6 Å². The van der Waals surface area contributed by atoms with Crippen molar-refractivity contribution >= 4 is 76.4 Å². The average Bonchev–Trinajstić information content (AvgIpc) is 3.71. The zero-order valence-corrected chi connectivity index (χ0v) is 39.2. The number of ether oxygens (including phenoxy) is 5. The molecule has 28 heteroatoms. The maximum absolute atomic E-state index is 14.6. The maximum Gasteiger partial charge on any atom is 0.494 e. The van der Waals surface area contributed by atoms with Gasteiger partial charge in [-0.25, -0.2) is 38.5 Å². The first kappa shape index (κ1) is 56.8. The highest BCUT2D eigenvalue weighted by molar-refractivity contribution is 5.91. The molecule has 1 fully saturated rings. The van der Waals surface area contributed by atoms with Crippen molar-refractivity contribution in [3.05, 3.63) is 48.0 Å². The standard InChI is InChI=1S/C42H56N8O20/c1-22(2)21-41(47,63-25(5)53)37(59)65-42(38(60)70-69-27(7)55,64-36(58)40(46,62-24(4)52)18-12-19-48-39(44)45)50(67-34(56)31-17-11-20-49(31)66-26(6)54)68-35(57)32(43)33(61-23(3)51)30-16-10-14-28-13-8-9-15-29(28)30/h8-10,13-16,22,31-33H,11-12,17-21,43,46-47H2,1-7H3,(H4,44,45,48)/t31-,32?,33?,40+,41+,42?/m0/s1. The van der Waals surface area contributed by atoms with E-state index in [1.165, 1.54) is 26.0 Å². The van der Waals surface area contributed by atoms with Crippen molar-refractivity contribution in [2.45, 2.75) is 116 Å². The highest BCUT2D eigenvalue weighted by atomic mass is 17.2. The molecular weight excluding hydrogens is 936 g/mol. The van der Waals surface area contributed by atoms with E-state index in [-0.39, 0.29) is 37.9 Å². The number of nitrogens with two attached hydrogens (primary N) is 5. The van der Waals surface area contributed by atoms with Gasteiger partial charge in [-0.3, -0.25) is 35.6 Å². The molecule has 0 spiro atoms. The second-order valence-electron chi connectivity index (χ2n) is 15.9. The van der Waals surface area contributed by atoms with Gasteiger partial charge in [0.2, 0.25) is 0 Å². The molecule has 28 nitrogen and oxygen atoms in total. The van der Waals surface area contributed by atoms with E-state index in [9.17, 15) is 47.9 Å². The number of carbonyl (C=O) groups excluding carboxylic acids is 10. The van der Waals surface area contributed by atoms with Crippen LogP contribution in [-0.2, 0) is 95.9 Å². The molecule has 1 saturated heterocycles. The Balaban J connectivity index is 2.48. The van der Waals surface area contributed by atoms with E-state index >= 15 is 0 Å². The Bertz CT molecular complexity index is 2340. The summed E-state index contributed by atoms with van der Waals surface area (Å²) in [4.78, 5) is 163. The molecular formula is C42H56N8O20. The number of benzene rings is 2. The van der Waals surface area contributed by atoms with Crippen LogP contribution in [0, 0.1) is 5.92 Å². The Kier molecular flexibility index (Phi) is 20.0. The third kappa shape index (κ3) is 15.5. The summed E-state index contributed by atoms with van der Waals surface area (Å²) in [7, 11) is 0. The summed E-state index contributed by atoms with van der Waals surface area (Å²) in [6, 6.07) is 7.22. The SMILES string of the molecule is CC(=O)OOC(=O)C(OC(=O)[C@@](N)(CCCN=C(N)N)OC(C)=O)(OC(=O)[C@@](N)(CC(C)C)OC(C)=O)N(OC(=O)C(N)C(OC(C)=O)c1cccc2ccccc12)OC(=O)[C@@H]1CCCN1OC(C)=O. The van der Waals surface area contributed by atoms with Gasteiger partial charge in [-0.05, 0) is 36.0 Å². The first-order valence-electron chi connectivity index (χ1n) is 21.1. The van der Waals surface area contributed by atoms with Gasteiger partial charge in [-0.1, -0.05) is 56.3 Å². The highest BCUT2D eigenvalue weighted by Gasteiger charge is 2.66. The van der Waals surface area contributed by atoms with Gasteiger partial charge in [0.15, 0.2) is 12.1 Å². The van der Waals surface area contributed by atoms with Crippen molar-refractivity contribution in [2.75, 3.05) is 13.1 Å². The summed E-state index contributed by atoms with van der Waals surface area (Å²) < 4.78 is 26.6. The molecule has 0 amide bonds. The largest absolute Gasteiger partial charge is 0.494 e. The molecule has 2 aromatic carbocycles. The molecule has 2 aromatic rings. The van der Waals surface area contributed by atoms with E-state index in [4.69, 9.17) is 66.9 Å². The summed E-state index contributed by atoms with van der Waals surface area (Å²) in [5.41, 5.74) is 23.8. The number of aliphatic imine (C=N–C) groups is 1. The summed E-state index contributed by atoms with van der Waals surface area (Å²) >= 11 is 0. The van der Waals surface area contributed by atoms with Crippen molar-refractivity contribution in [3.63, 3.8) is 0 Å². The molecule has 384 valence electrons. The van der Waals surface area contributed by atoms with Crippen molar-refractivity contribution < 1.29 is 95.9 Å². The number of guanidine groups is 1. The predicted octanol–water partition coefficient (Wildman–Crippen LogP) is -0.770.